The number of benzene rings is 2. The van der Waals surface area contributed by atoms with Gasteiger partial charge in [-0.2, -0.15) is 9.78 Å². The first-order valence-electron chi connectivity index (χ1n) is 11.1. The van der Waals surface area contributed by atoms with E-state index in [1.807, 2.05) is 51.1 Å². The van der Waals surface area contributed by atoms with Crippen LogP contribution < -0.4 is 15.6 Å². The van der Waals surface area contributed by atoms with E-state index in [4.69, 9.17) is 9.47 Å². The number of thiophene rings is 1. The zero-order valence-corrected chi connectivity index (χ0v) is 20.7. The molecular weight excluding hydrogens is 466 g/mol. The normalized spacial score (nSPS) is 10.9. The summed E-state index contributed by atoms with van der Waals surface area (Å²) >= 11 is 1.14. The number of esters is 1. The number of aromatic nitrogens is 2. The second kappa shape index (κ2) is 10.1. The molecule has 0 saturated heterocycles. The third-order valence-corrected chi connectivity index (χ3v) is 6.46. The van der Waals surface area contributed by atoms with Crippen molar-refractivity contribution in [3.8, 4) is 11.4 Å². The van der Waals surface area contributed by atoms with Crippen LogP contribution in [0.3, 0.4) is 0 Å². The Morgan fingerprint density at radius 2 is 1.83 bits per heavy atom. The zero-order chi connectivity index (χ0) is 25.1. The van der Waals surface area contributed by atoms with Crippen molar-refractivity contribution < 1.29 is 19.1 Å². The van der Waals surface area contributed by atoms with E-state index in [1.165, 1.54) is 4.68 Å². The lowest BCUT2D eigenvalue weighted by Crippen LogP contribution is -2.26. The van der Waals surface area contributed by atoms with Crippen LogP contribution in [0, 0.1) is 20.8 Å². The average molecular weight is 492 g/mol. The van der Waals surface area contributed by atoms with E-state index < -0.39 is 17.4 Å². The topological polar surface area (TPSA) is 99.5 Å². The Morgan fingerprint density at radius 1 is 1.06 bits per heavy atom. The Hall–Kier alpha value is -3.98. The number of nitrogens with one attached hydrogen (secondary N) is 1. The van der Waals surface area contributed by atoms with Crippen molar-refractivity contribution in [2.45, 2.75) is 27.7 Å². The molecule has 35 heavy (non-hydrogen) atoms. The van der Waals surface area contributed by atoms with Crippen LogP contribution in [0.15, 0.2) is 52.6 Å². The van der Waals surface area contributed by atoms with Gasteiger partial charge in [0.25, 0.3) is 11.5 Å². The fourth-order valence-electron chi connectivity index (χ4n) is 3.55. The van der Waals surface area contributed by atoms with Gasteiger partial charge in [0.1, 0.15) is 10.8 Å². The van der Waals surface area contributed by atoms with Gasteiger partial charge in [-0.1, -0.05) is 24.3 Å². The lowest BCUT2D eigenvalue weighted by molar-refractivity contribution is -0.118. The fraction of sp³-hybridized carbons (Fsp3) is 0.231. The van der Waals surface area contributed by atoms with Crippen LogP contribution in [0.1, 0.15) is 34.1 Å². The molecule has 0 fully saturated rings. The Morgan fingerprint density at radius 3 is 2.54 bits per heavy atom. The molecular formula is C26H25N3O5S. The summed E-state index contributed by atoms with van der Waals surface area (Å²) in [5.41, 5.74) is 3.01. The van der Waals surface area contributed by atoms with Gasteiger partial charge >= 0.3 is 5.97 Å². The van der Waals surface area contributed by atoms with E-state index in [0.29, 0.717) is 21.8 Å². The molecule has 2 aromatic heterocycles. The van der Waals surface area contributed by atoms with Gasteiger partial charge < -0.3 is 14.8 Å². The minimum Gasteiger partial charge on any atom is -0.483 e. The number of nitrogens with zero attached hydrogens (tertiary/aromatic N) is 2. The van der Waals surface area contributed by atoms with E-state index in [1.54, 1.807) is 24.4 Å². The quantitative estimate of drug-likeness (QED) is 0.380. The summed E-state index contributed by atoms with van der Waals surface area (Å²) in [7, 11) is 0. The highest BCUT2D eigenvalue weighted by molar-refractivity contribution is 7.16. The molecule has 2 aromatic carbocycles. The van der Waals surface area contributed by atoms with Crippen LogP contribution in [-0.4, -0.2) is 34.9 Å². The number of para-hydroxylation sites is 1. The number of rotatable bonds is 7. The molecule has 4 rings (SSSR count). The summed E-state index contributed by atoms with van der Waals surface area (Å²) in [5, 5.41) is 9.55. The highest BCUT2D eigenvalue weighted by Gasteiger charge is 2.23. The Kier molecular flexibility index (Phi) is 6.97. The smallest absolute Gasteiger partial charge is 0.359 e. The Labute approximate surface area is 206 Å². The summed E-state index contributed by atoms with van der Waals surface area (Å²) < 4.78 is 12.0. The van der Waals surface area contributed by atoms with Crippen LogP contribution in [-0.2, 0) is 9.53 Å². The third-order valence-electron chi connectivity index (χ3n) is 5.56. The van der Waals surface area contributed by atoms with E-state index in [2.05, 4.69) is 10.4 Å². The minimum absolute atomic E-state index is 0.00703. The first kappa shape index (κ1) is 24.2. The number of ether oxygens (including phenoxy) is 2. The van der Waals surface area contributed by atoms with Gasteiger partial charge in [0, 0.05) is 10.8 Å². The molecule has 1 amide bonds. The molecule has 0 atom stereocenters. The molecule has 0 saturated carbocycles. The van der Waals surface area contributed by atoms with Gasteiger partial charge in [-0.25, -0.2) is 4.79 Å². The standard InChI is InChI=1S/C26H25N3O5S/c1-5-33-26(32)23-19-14-35-24(27-21(30)13-34-20-9-7-6-8-16(20)3)22(19)25(31)29(28-23)18-11-10-15(2)17(4)12-18/h6-12,14H,5,13H2,1-4H3,(H,27,30). The highest BCUT2D eigenvalue weighted by Crippen LogP contribution is 2.31. The molecule has 2 heterocycles. The molecule has 0 spiro atoms. The largest absolute Gasteiger partial charge is 0.483 e. The Bertz CT molecular complexity index is 1490. The molecule has 0 aliphatic carbocycles. The van der Waals surface area contributed by atoms with Crippen molar-refractivity contribution >= 4 is 39.0 Å². The first-order valence-corrected chi connectivity index (χ1v) is 12.0. The number of aryl methyl sites for hydroxylation is 3. The van der Waals surface area contributed by atoms with Gasteiger partial charge in [0.15, 0.2) is 12.3 Å². The number of hydrogen-bond acceptors (Lipinski definition) is 7. The molecule has 4 aromatic rings. The number of carbonyl (C=O) groups excluding carboxylic acids is 2. The van der Waals surface area contributed by atoms with E-state index in [0.717, 1.165) is 28.0 Å². The van der Waals surface area contributed by atoms with Gasteiger partial charge in [0.05, 0.1) is 17.7 Å². The minimum atomic E-state index is -0.645. The summed E-state index contributed by atoms with van der Waals surface area (Å²) in [4.78, 5) is 38.9. The maximum absolute atomic E-state index is 13.5. The van der Waals surface area contributed by atoms with Crippen molar-refractivity contribution in [1.82, 2.24) is 9.78 Å². The zero-order valence-electron chi connectivity index (χ0n) is 19.9. The number of hydrogen-bond donors (Lipinski definition) is 1. The first-order chi connectivity index (χ1) is 16.8. The number of amides is 1. The van der Waals surface area contributed by atoms with Gasteiger partial charge in [-0.05, 0) is 62.6 Å². The predicted molar refractivity (Wildman–Crippen MR) is 136 cm³/mol. The second-order valence-electron chi connectivity index (χ2n) is 8.01. The Balaban J connectivity index is 1.74. The molecule has 8 nitrogen and oxygen atoms in total. The van der Waals surface area contributed by atoms with Gasteiger partial charge in [-0.3, -0.25) is 9.59 Å². The van der Waals surface area contributed by atoms with Crippen LogP contribution in [0.4, 0.5) is 5.00 Å². The molecule has 0 unspecified atom stereocenters. The fourth-order valence-corrected chi connectivity index (χ4v) is 4.50. The molecule has 0 radical (unpaired) electrons. The summed E-state index contributed by atoms with van der Waals surface area (Å²) in [6.07, 6.45) is 0. The summed E-state index contributed by atoms with van der Waals surface area (Å²) in [5.74, 6) is -0.471. The monoisotopic (exact) mass is 491 g/mol. The van der Waals surface area contributed by atoms with E-state index in [9.17, 15) is 14.4 Å². The molecule has 1 N–H and O–H groups in total. The lowest BCUT2D eigenvalue weighted by atomic mass is 10.1. The van der Waals surface area contributed by atoms with Crippen LogP contribution in [0.25, 0.3) is 16.5 Å². The average Bonchev–Trinajstić information content (AvgIpc) is 3.25. The van der Waals surface area contributed by atoms with Gasteiger partial charge in [0.2, 0.25) is 0 Å². The van der Waals surface area contributed by atoms with Crippen molar-refractivity contribution in [2.75, 3.05) is 18.5 Å². The molecule has 0 aliphatic heterocycles. The number of fused-ring (bicyclic) bond motifs is 1. The number of anilines is 1. The van der Waals surface area contributed by atoms with Crippen LogP contribution in [0.2, 0.25) is 0 Å². The van der Waals surface area contributed by atoms with Crippen LogP contribution >= 0.6 is 11.3 Å². The molecule has 0 aliphatic rings. The van der Waals surface area contributed by atoms with Crippen molar-refractivity contribution in [1.29, 1.82) is 0 Å². The van der Waals surface area contributed by atoms with Crippen molar-refractivity contribution in [2.24, 2.45) is 0 Å². The summed E-state index contributed by atoms with van der Waals surface area (Å²) in [6, 6.07) is 12.8. The lowest BCUT2D eigenvalue weighted by Gasteiger charge is -2.11. The highest BCUT2D eigenvalue weighted by atomic mass is 32.1. The maximum atomic E-state index is 13.5. The van der Waals surface area contributed by atoms with Crippen molar-refractivity contribution in [3.63, 3.8) is 0 Å². The SMILES string of the molecule is CCOC(=O)c1nn(-c2ccc(C)c(C)c2)c(=O)c2c(NC(=O)COc3ccccc3C)scc12. The number of carbonyl (C=O) groups is 2. The second-order valence-corrected chi connectivity index (χ2v) is 8.89. The van der Waals surface area contributed by atoms with Crippen LogP contribution in [0.5, 0.6) is 5.75 Å². The molecule has 180 valence electrons. The summed E-state index contributed by atoms with van der Waals surface area (Å²) in [6.45, 7) is 7.41. The maximum Gasteiger partial charge on any atom is 0.359 e. The molecule has 0 bridgehead atoms. The molecule has 9 heteroatoms. The predicted octanol–water partition coefficient (Wildman–Crippen LogP) is 4.57. The van der Waals surface area contributed by atoms with E-state index in [-0.39, 0.29) is 24.3 Å². The van der Waals surface area contributed by atoms with Gasteiger partial charge in [-0.15, -0.1) is 11.3 Å². The third kappa shape index (κ3) is 4.95. The van der Waals surface area contributed by atoms with E-state index >= 15 is 0 Å². The van der Waals surface area contributed by atoms with Crippen molar-refractivity contribution in [3.05, 3.63) is 80.6 Å².